The SMILES string of the molecule is O=C(Oc1ccccn1)c1c(Cl)n(-c2ccccc2)c2ccccc12. The van der Waals surface area contributed by atoms with Crippen LogP contribution in [0, 0.1) is 0 Å². The van der Waals surface area contributed by atoms with E-state index in [2.05, 4.69) is 4.98 Å². The quantitative estimate of drug-likeness (QED) is 0.495. The Morgan fingerprint density at radius 1 is 0.920 bits per heavy atom. The summed E-state index contributed by atoms with van der Waals surface area (Å²) >= 11 is 6.59. The number of para-hydroxylation sites is 2. The number of fused-ring (bicyclic) bond motifs is 1. The van der Waals surface area contributed by atoms with Gasteiger partial charge in [-0.05, 0) is 24.3 Å². The van der Waals surface area contributed by atoms with Gasteiger partial charge in [0.15, 0.2) is 0 Å². The summed E-state index contributed by atoms with van der Waals surface area (Å²) in [6.45, 7) is 0. The average molecular weight is 349 g/mol. The number of nitrogens with zero attached hydrogens (tertiary/aromatic N) is 2. The second-order valence-corrected chi connectivity index (χ2v) is 5.77. The van der Waals surface area contributed by atoms with Gasteiger partial charge in [0.1, 0.15) is 10.7 Å². The van der Waals surface area contributed by atoms with Crippen LogP contribution in [-0.2, 0) is 0 Å². The summed E-state index contributed by atoms with van der Waals surface area (Å²) in [5.74, 6) is -0.297. The molecule has 4 nitrogen and oxygen atoms in total. The molecule has 0 unspecified atom stereocenters. The van der Waals surface area contributed by atoms with Gasteiger partial charge in [0.25, 0.3) is 0 Å². The number of pyridine rings is 1. The molecule has 0 aliphatic carbocycles. The van der Waals surface area contributed by atoms with Gasteiger partial charge in [0.2, 0.25) is 5.88 Å². The van der Waals surface area contributed by atoms with E-state index < -0.39 is 5.97 Å². The zero-order chi connectivity index (χ0) is 17.2. The number of hydrogen-bond acceptors (Lipinski definition) is 3. The Balaban J connectivity index is 1.87. The molecule has 0 spiro atoms. The molecule has 0 aliphatic heterocycles. The molecule has 2 aromatic heterocycles. The first-order chi connectivity index (χ1) is 12.3. The van der Waals surface area contributed by atoms with Gasteiger partial charge in [-0.15, -0.1) is 0 Å². The lowest BCUT2D eigenvalue weighted by Gasteiger charge is -2.07. The number of hydrogen-bond donors (Lipinski definition) is 0. The Hall–Kier alpha value is -3.11. The molecule has 0 fully saturated rings. The zero-order valence-corrected chi connectivity index (χ0v) is 13.9. The van der Waals surface area contributed by atoms with Crippen LogP contribution in [0.3, 0.4) is 0 Å². The minimum atomic E-state index is -0.533. The zero-order valence-electron chi connectivity index (χ0n) is 13.1. The van der Waals surface area contributed by atoms with Gasteiger partial charge in [-0.2, -0.15) is 0 Å². The van der Waals surface area contributed by atoms with E-state index >= 15 is 0 Å². The van der Waals surface area contributed by atoms with Crippen molar-refractivity contribution >= 4 is 28.5 Å². The van der Waals surface area contributed by atoms with Crippen LogP contribution in [0.15, 0.2) is 79.0 Å². The van der Waals surface area contributed by atoms with Crippen LogP contribution in [-0.4, -0.2) is 15.5 Å². The van der Waals surface area contributed by atoms with Gasteiger partial charge in [-0.25, -0.2) is 9.78 Å². The maximum absolute atomic E-state index is 12.7. The normalized spacial score (nSPS) is 10.8. The van der Waals surface area contributed by atoms with Gasteiger partial charge in [-0.3, -0.25) is 4.57 Å². The largest absolute Gasteiger partial charge is 0.404 e. The minimum absolute atomic E-state index is 0.236. The lowest BCUT2D eigenvalue weighted by atomic mass is 10.2. The Morgan fingerprint density at radius 3 is 2.40 bits per heavy atom. The van der Waals surface area contributed by atoms with Gasteiger partial charge in [0, 0.05) is 23.3 Å². The number of ether oxygens (including phenoxy) is 1. The van der Waals surface area contributed by atoms with Gasteiger partial charge < -0.3 is 4.74 Å². The number of carbonyl (C=O) groups is 1. The number of esters is 1. The molecule has 0 N–H and O–H groups in total. The monoisotopic (exact) mass is 348 g/mol. The lowest BCUT2D eigenvalue weighted by Crippen LogP contribution is -2.09. The van der Waals surface area contributed by atoms with Crippen molar-refractivity contribution in [3.05, 3.63) is 89.7 Å². The Bertz CT molecular complexity index is 1040. The highest BCUT2D eigenvalue weighted by atomic mass is 35.5. The van der Waals surface area contributed by atoms with Crippen LogP contribution in [0.5, 0.6) is 5.88 Å². The Kier molecular flexibility index (Phi) is 3.96. The highest BCUT2D eigenvalue weighted by molar-refractivity contribution is 6.35. The molecule has 0 aliphatic rings. The van der Waals surface area contributed by atoms with Crippen LogP contribution < -0.4 is 4.74 Å². The van der Waals surface area contributed by atoms with Gasteiger partial charge in [-0.1, -0.05) is 54.1 Å². The second-order valence-electron chi connectivity index (χ2n) is 5.41. The summed E-state index contributed by atoms with van der Waals surface area (Å²) in [5.41, 5.74) is 2.04. The molecule has 25 heavy (non-hydrogen) atoms. The van der Waals surface area contributed by atoms with Crippen LogP contribution in [0.4, 0.5) is 0 Å². The van der Waals surface area contributed by atoms with Crippen molar-refractivity contribution < 1.29 is 9.53 Å². The van der Waals surface area contributed by atoms with Crippen molar-refractivity contribution in [1.29, 1.82) is 0 Å². The maximum atomic E-state index is 12.7. The van der Waals surface area contributed by atoms with Crippen LogP contribution in [0.1, 0.15) is 10.4 Å². The molecule has 0 bridgehead atoms. The van der Waals surface area contributed by atoms with E-state index in [0.29, 0.717) is 10.7 Å². The molecule has 4 rings (SSSR count). The van der Waals surface area contributed by atoms with Crippen molar-refractivity contribution in [3.8, 4) is 11.6 Å². The standard InChI is InChI=1S/C20H13ClN2O2/c21-19-18(20(24)25-17-12-6-7-13-22-17)15-10-4-5-11-16(15)23(19)14-8-2-1-3-9-14/h1-13H. The number of rotatable bonds is 3. The first-order valence-corrected chi connectivity index (χ1v) is 8.11. The summed E-state index contributed by atoms with van der Waals surface area (Å²) < 4.78 is 7.23. The van der Waals surface area contributed by atoms with E-state index in [1.54, 1.807) is 24.4 Å². The second kappa shape index (κ2) is 6.42. The molecular weight excluding hydrogens is 336 g/mol. The van der Waals surface area contributed by atoms with E-state index in [1.807, 2.05) is 59.2 Å². The molecule has 0 atom stereocenters. The van der Waals surface area contributed by atoms with E-state index in [4.69, 9.17) is 16.3 Å². The number of aromatic nitrogens is 2. The maximum Gasteiger partial charge on any atom is 0.348 e. The van der Waals surface area contributed by atoms with Crippen LogP contribution >= 0.6 is 11.6 Å². The number of halogens is 1. The Morgan fingerprint density at radius 2 is 1.64 bits per heavy atom. The van der Waals surface area contributed by atoms with Crippen molar-refractivity contribution in [2.45, 2.75) is 0 Å². The molecule has 5 heteroatoms. The third-order valence-electron chi connectivity index (χ3n) is 3.87. The average Bonchev–Trinajstić information content (AvgIpc) is 2.95. The summed E-state index contributed by atoms with van der Waals surface area (Å²) in [4.78, 5) is 16.8. The molecule has 0 amide bonds. The lowest BCUT2D eigenvalue weighted by molar-refractivity contribution is 0.0729. The minimum Gasteiger partial charge on any atom is -0.404 e. The number of carbonyl (C=O) groups excluding carboxylic acids is 1. The number of benzene rings is 2. The fraction of sp³-hybridized carbons (Fsp3) is 0. The smallest absolute Gasteiger partial charge is 0.348 e. The van der Waals surface area contributed by atoms with Crippen molar-refractivity contribution in [2.24, 2.45) is 0 Å². The predicted octanol–water partition coefficient (Wildman–Crippen LogP) is 4.90. The third kappa shape index (κ3) is 2.77. The fourth-order valence-electron chi connectivity index (χ4n) is 2.79. The summed E-state index contributed by atoms with van der Waals surface area (Å²) in [6, 6.07) is 22.3. The Labute approximate surface area is 149 Å². The van der Waals surface area contributed by atoms with Crippen molar-refractivity contribution in [2.75, 3.05) is 0 Å². The summed E-state index contributed by atoms with van der Waals surface area (Å²) in [7, 11) is 0. The topological polar surface area (TPSA) is 44.1 Å². The first kappa shape index (κ1) is 15.4. The van der Waals surface area contributed by atoms with E-state index in [0.717, 1.165) is 16.6 Å². The molecule has 0 saturated carbocycles. The van der Waals surface area contributed by atoms with Crippen molar-refractivity contribution in [1.82, 2.24) is 9.55 Å². The highest BCUT2D eigenvalue weighted by Gasteiger charge is 2.23. The molecule has 2 aromatic carbocycles. The summed E-state index contributed by atoms with van der Waals surface area (Å²) in [6.07, 6.45) is 1.57. The molecule has 2 heterocycles. The predicted molar refractivity (Wildman–Crippen MR) is 97.5 cm³/mol. The molecule has 122 valence electrons. The van der Waals surface area contributed by atoms with Gasteiger partial charge in [0.05, 0.1) is 5.52 Å². The van der Waals surface area contributed by atoms with Gasteiger partial charge >= 0.3 is 5.97 Å². The molecular formula is C20H13ClN2O2. The van der Waals surface area contributed by atoms with E-state index in [1.165, 1.54) is 0 Å². The van der Waals surface area contributed by atoms with E-state index in [-0.39, 0.29) is 5.88 Å². The highest BCUT2D eigenvalue weighted by Crippen LogP contribution is 2.33. The fourth-order valence-corrected chi connectivity index (χ4v) is 3.15. The van der Waals surface area contributed by atoms with Crippen LogP contribution in [0.2, 0.25) is 5.15 Å². The third-order valence-corrected chi connectivity index (χ3v) is 4.23. The van der Waals surface area contributed by atoms with E-state index in [9.17, 15) is 4.79 Å². The summed E-state index contributed by atoms with van der Waals surface area (Å²) in [5, 5.41) is 1.05. The molecule has 4 aromatic rings. The first-order valence-electron chi connectivity index (χ1n) is 7.73. The van der Waals surface area contributed by atoms with Crippen molar-refractivity contribution in [3.63, 3.8) is 0 Å². The molecule has 0 saturated heterocycles. The van der Waals surface area contributed by atoms with Crippen LogP contribution in [0.25, 0.3) is 16.6 Å². The molecule has 0 radical (unpaired) electrons.